The smallest absolute Gasteiger partial charge is 0.0821 e. The fourth-order valence-electron chi connectivity index (χ4n) is 3.11. The lowest BCUT2D eigenvalue weighted by atomic mass is 9.76. The number of hydrogen-bond donors (Lipinski definition) is 1. The highest BCUT2D eigenvalue weighted by Crippen LogP contribution is 2.39. The van der Waals surface area contributed by atoms with Crippen LogP contribution in [-0.2, 0) is 0 Å². The lowest BCUT2D eigenvalue weighted by molar-refractivity contribution is 0.0725. The molecule has 2 heteroatoms. The maximum absolute atomic E-state index is 10.6. The van der Waals surface area contributed by atoms with Crippen LogP contribution in [0.3, 0.4) is 0 Å². The maximum atomic E-state index is 10.6. The fraction of sp³-hybridized carbons (Fsp3) is 0.625. The molecule has 2 rings (SSSR count). The Kier molecular flexibility index (Phi) is 4.69. The van der Waals surface area contributed by atoms with E-state index in [4.69, 9.17) is 11.6 Å². The molecule has 0 amide bonds. The van der Waals surface area contributed by atoms with Crippen LogP contribution in [0.4, 0.5) is 0 Å². The highest BCUT2D eigenvalue weighted by atomic mass is 35.5. The Morgan fingerprint density at radius 1 is 1.28 bits per heavy atom. The summed E-state index contributed by atoms with van der Waals surface area (Å²) in [6.07, 6.45) is 5.74. The second kappa shape index (κ2) is 6.08. The molecular formula is C16H23ClO. The predicted molar refractivity (Wildman–Crippen MR) is 76.9 cm³/mol. The van der Waals surface area contributed by atoms with Crippen LogP contribution in [0.15, 0.2) is 18.2 Å². The standard InChI is InChI=1S/C16H23ClO/c1-3-12-7-9-13(10-8-12)16(18)14-5-4-6-15(17)11(14)2/h4-6,12-13,16,18H,3,7-10H2,1-2H3. The van der Waals surface area contributed by atoms with E-state index < -0.39 is 0 Å². The molecule has 0 aromatic heterocycles. The van der Waals surface area contributed by atoms with Crippen LogP contribution in [0, 0.1) is 18.8 Å². The molecule has 1 N–H and O–H groups in total. The number of aliphatic hydroxyl groups is 1. The van der Waals surface area contributed by atoms with Crippen molar-refractivity contribution in [3.8, 4) is 0 Å². The average molecular weight is 267 g/mol. The first kappa shape index (κ1) is 13.9. The third kappa shape index (κ3) is 2.89. The van der Waals surface area contributed by atoms with Crippen molar-refractivity contribution in [2.75, 3.05) is 0 Å². The molecule has 0 saturated heterocycles. The Morgan fingerprint density at radius 3 is 2.56 bits per heavy atom. The van der Waals surface area contributed by atoms with Gasteiger partial charge >= 0.3 is 0 Å². The van der Waals surface area contributed by atoms with Gasteiger partial charge in [0.05, 0.1) is 6.10 Å². The minimum atomic E-state index is -0.346. The van der Waals surface area contributed by atoms with Crippen LogP contribution in [-0.4, -0.2) is 5.11 Å². The van der Waals surface area contributed by atoms with Crippen LogP contribution in [0.1, 0.15) is 56.3 Å². The Balaban J connectivity index is 2.08. The molecule has 0 radical (unpaired) electrons. The van der Waals surface area contributed by atoms with Crippen LogP contribution in [0.5, 0.6) is 0 Å². The summed E-state index contributed by atoms with van der Waals surface area (Å²) >= 11 is 6.13. The van der Waals surface area contributed by atoms with Gasteiger partial charge in [0.2, 0.25) is 0 Å². The zero-order chi connectivity index (χ0) is 13.1. The Hall–Kier alpha value is -0.530. The van der Waals surface area contributed by atoms with Gasteiger partial charge in [-0.15, -0.1) is 0 Å². The van der Waals surface area contributed by atoms with E-state index in [2.05, 4.69) is 6.92 Å². The first-order chi connectivity index (χ1) is 8.63. The molecule has 0 heterocycles. The van der Waals surface area contributed by atoms with Crippen molar-refractivity contribution in [2.24, 2.45) is 11.8 Å². The van der Waals surface area contributed by atoms with E-state index in [1.807, 2.05) is 25.1 Å². The van der Waals surface area contributed by atoms with Crippen molar-refractivity contribution in [3.63, 3.8) is 0 Å². The monoisotopic (exact) mass is 266 g/mol. The summed E-state index contributed by atoms with van der Waals surface area (Å²) in [5, 5.41) is 11.3. The lowest BCUT2D eigenvalue weighted by Crippen LogP contribution is -2.20. The number of aliphatic hydroxyl groups excluding tert-OH is 1. The largest absolute Gasteiger partial charge is 0.388 e. The third-order valence-electron chi connectivity index (χ3n) is 4.54. The van der Waals surface area contributed by atoms with Gasteiger partial charge in [0.25, 0.3) is 0 Å². The van der Waals surface area contributed by atoms with Gasteiger partial charge in [0, 0.05) is 5.02 Å². The molecule has 0 aliphatic heterocycles. The number of benzene rings is 1. The van der Waals surface area contributed by atoms with Gasteiger partial charge < -0.3 is 5.11 Å². The van der Waals surface area contributed by atoms with Gasteiger partial charge in [0.1, 0.15) is 0 Å². The zero-order valence-corrected chi connectivity index (χ0v) is 12.1. The Labute approximate surface area is 115 Å². The summed E-state index contributed by atoms with van der Waals surface area (Å²) in [6, 6.07) is 5.84. The first-order valence-corrected chi connectivity index (χ1v) is 7.44. The molecule has 0 bridgehead atoms. The molecule has 1 aliphatic carbocycles. The Morgan fingerprint density at radius 2 is 1.94 bits per heavy atom. The second-order valence-corrected chi connectivity index (χ2v) is 6.00. The lowest BCUT2D eigenvalue weighted by Gasteiger charge is -2.31. The summed E-state index contributed by atoms with van der Waals surface area (Å²) in [5.74, 6) is 1.28. The third-order valence-corrected chi connectivity index (χ3v) is 4.95. The molecule has 0 spiro atoms. The molecule has 1 aromatic rings. The molecule has 100 valence electrons. The average Bonchev–Trinajstić information content (AvgIpc) is 2.41. The minimum absolute atomic E-state index is 0.346. The quantitative estimate of drug-likeness (QED) is 0.825. The van der Waals surface area contributed by atoms with Gasteiger partial charge in [-0.25, -0.2) is 0 Å². The van der Waals surface area contributed by atoms with Crippen molar-refractivity contribution < 1.29 is 5.11 Å². The number of rotatable bonds is 3. The number of hydrogen-bond acceptors (Lipinski definition) is 1. The van der Waals surface area contributed by atoms with Crippen LogP contribution >= 0.6 is 11.6 Å². The van der Waals surface area contributed by atoms with Crippen molar-refractivity contribution in [3.05, 3.63) is 34.3 Å². The van der Waals surface area contributed by atoms with E-state index in [9.17, 15) is 5.11 Å². The molecule has 1 aliphatic rings. The first-order valence-electron chi connectivity index (χ1n) is 7.06. The fourth-order valence-corrected chi connectivity index (χ4v) is 3.29. The maximum Gasteiger partial charge on any atom is 0.0821 e. The molecule has 1 unspecified atom stereocenters. The van der Waals surface area contributed by atoms with Gasteiger partial charge in [0.15, 0.2) is 0 Å². The van der Waals surface area contributed by atoms with E-state index in [1.54, 1.807) is 0 Å². The highest BCUT2D eigenvalue weighted by molar-refractivity contribution is 6.31. The summed E-state index contributed by atoms with van der Waals surface area (Å²) in [5.41, 5.74) is 2.05. The minimum Gasteiger partial charge on any atom is -0.388 e. The van der Waals surface area contributed by atoms with Crippen molar-refractivity contribution in [1.29, 1.82) is 0 Å². The van der Waals surface area contributed by atoms with Crippen LogP contribution < -0.4 is 0 Å². The SMILES string of the molecule is CCC1CCC(C(O)c2cccc(Cl)c2C)CC1. The zero-order valence-electron chi connectivity index (χ0n) is 11.3. The molecule has 1 atom stereocenters. The molecule has 1 nitrogen and oxygen atoms in total. The van der Waals surface area contributed by atoms with Crippen molar-refractivity contribution in [1.82, 2.24) is 0 Å². The predicted octanol–water partition coefficient (Wildman–Crippen LogP) is 4.90. The molecule has 1 fully saturated rings. The van der Waals surface area contributed by atoms with E-state index in [-0.39, 0.29) is 6.10 Å². The molecule has 1 saturated carbocycles. The van der Waals surface area contributed by atoms with E-state index in [0.717, 1.165) is 34.9 Å². The topological polar surface area (TPSA) is 20.2 Å². The van der Waals surface area contributed by atoms with Gasteiger partial charge in [-0.05, 0) is 48.8 Å². The molecular weight excluding hydrogens is 244 g/mol. The molecule has 18 heavy (non-hydrogen) atoms. The molecule has 1 aromatic carbocycles. The Bertz CT molecular complexity index is 394. The van der Waals surface area contributed by atoms with Crippen molar-refractivity contribution >= 4 is 11.6 Å². The van der Waals surface area contributed by atoms with Gasteiger partial charge in [-0.1, -0.05) is 49.9 Å². The summed E-state index contributed by atoms with van der Waals surface area (Å²) < 4.78 is 0. The summed E-state index contributed by atoms with van der Waals surface area (Å²) in [6.45, 7) is 4.26. The summed E-state index contributed by atoms with van der Waals surface area (Å²) in [7, 11) is 0. The second-order valence-electron chi connectivity index (χ2n) is 5.59. The van der Waals surface area contributed by atoms with Gasteiger partial charge in [-0.2, -0.15) is 0 Å². The highest BCUT2D eigenvalue weighted by Gasteiger charge is 2.27. The van der Waals surface area contributed by atoms with Crippen molar-refractivity contribution in [2.45, 2.75) is 52.1 Å². The van der Waals surface area contributed by atoms with E-state index in [0.29, 0.717) is 5.92 Å². The van der Waals surface area contributed by atoms with Gasteiger partial charge in [-0.3, -0.25) is 0 Å². The normalized spacial score (nSPS) is 26.0. The summed E-state index contributed by atoms with van der Waals surface area (Å²) in [4.78, 5) is 0. The number of halogens is 1. The van der Waals surface area contributed by atoms with E-state index >= 15 is 0 Å². The van der Waals surface area contributed by atoms with Crippen LogP contribution in [0.25, 0.3) is 0 Å². The van der Waals surface area contributed by atoms with Crippen LogP contribution in [0.2, 0.25) is 5.02 Å². The van der Waals surface area contributed by atoms with E-state index in [1.165, 1.54) is 19.3 Å².